The van der Waals surface area contributed by atoms with Crippen molar-refractivity contribution < 1.29 is 14.3 Å². The Bertz CT molecular complexity index is 888. The van der Waals surface area contributed by atoms with E-state index in [0.717, 1.165) is 35.7 Å². The molecule has 1 fully saturated rings. The van der Waals surface area contributed by atoms with E-state index in [9.17, 15) is 4.79 Å². The summed E-state index contributed by atoms with van der Waals surface area (Å²) in [5, 5.41) is 5.83. The molecule has 1 N–H and O–H groups in total. The van der Waals surface area contributed by atoms with E-state index in [1.165, 1.54) is 0 Å². The van der Waals surface area contributed by atoms with Gasteiger partial charge in [-0.15, -0.1) is 11.3 Å². The van der Waals surface area contributed by atoms with Crippen LogP contribution in [0.15, 0.2) is 60.1 Å². The third kappa shape index (κ3) is 4.35. The van der Waals surface area contributed by atoms with Crippen molar-refractivity contribution >= 4 is 22.9 Å². The average Bonchev–Trinajstić information content (AvgIpc) is 3.41. The molecule has 2 heterocycles. The highest BCUT2D eigenvalue weighted by Crippen LogP contribution is 2.25. The van der Waals surface area contributed by atoms with E-state index in [0.29, 0.717) is 17.9 Å². The molecule has 1 aliphatic heterocycles. The third-order valence-electron chi connectivity index (χ3n) is 4.40. The quantitative estimate of drug-likeness (QED) is 0.678. The number of carbonyl (C=O) groups excluding carboxylic acids is 1. The number of carbonyl (C=O) groups is 1. The summed E-state index contributed by atoms with van der Waals surface area (Å²) in [5.74, 6) is 0.379. The number of benzene rings is 2. The third-order valence-corrected chi connectivity index (χ3v) is 5.22. The zero-order valence-electron chi connectivity index (χ0n) is 14.8. The van der Waals surface area contributed by atoms with Gasteiger partial charge in [0.2, 0.25) is 0 Å². The molecule has 1 aromatic heterocycles. The van der Waals surface area contributed by atoms with Crippen molar-refractivity contribution in [3.8, 4) is 16.3 Å². The summed E-state index contributed by atoms with van der Waals surface area (Å²) in [6.07, 6.45) is 3.95. The molecule has 2 aromatic carbocycles. The molecular formula is C21H20N2O3S. The van der Waals surface area contributed by atoms with Crippen molar-refractivity contribution in [1.29, 1.82) is 0 Å². The monoisotopic (exact) mass is 380 g/mol. The van der Waals surface area contributed by atoms with Crippen molar-refractivity contribution in [2.45, 2.75) is 18.9 Å². The van der Waals surface area contributed by atoms with Gasteiger partial charge in [0, 0.05) is 29.4 Å². The fraction of sp³-hybridized carbons (Fsp3) is 0.238. The van der Waals surface area contributed by atoms with Crippen molar-refractivity contribution in [3.05, 3.63) is 65.7 Å². The Labute approximate surface area is 162 Å². The van der Waals surface area contributed by atoms with E-state index >= 15 is 0 Å². The second-order valence-electron chi connectivity index (χ2n) is 6.31. The molecule has 1 atom stereocenters. The summed E-state index contributed by atoms with van der Waals surface area (Å²) >= 11 is 1.59. The summed E-state index contributed by atoms with van der Waals surface area (Å²) in [5.41, 5.74) is 2.28. The Kier molecular flexibility index (Phi) is 5.46. The first-order valence-corrected chi connectivity index (χ1v) is 9.82. The maximum atomic E-state index is 12.7. The zero-order valence-corrected chi connectivity index (χ0v) is 15.6. The van der Waals surface area contributed by atoms with E-state index in [1.807, 2.05) is 47.8 Å². The maximum absolute atomic E-state index is 12.7. The van der Waals surface area contributed by atoms with Gasteiger partial charge < -0.3 is 14.8 Å². The fourth-order valence-corrected chi connectivity index (χ4v) is 3.64. The number of hydrogen-bond acceptors (Lipinski definition) is 5. The first-order valence-electron chi connectivity index (χ1n) is 8.94. The Balaban J connectivity index is 1.43. The van der Waals surface area contributed by atoms with Crippen molar-refractivity contribution in [2.75, 3.05) is 18.5 Å². The van der Waals surface area contributed by atoms with E-state index in [-0.39, 0.29) is 12.0 Å². The Morgan fingerprint density at radius 2 is 2.07 bits per heavy atom. The molecule has 6 heteroatoms. The smallest absolute Gasteiger partial charge is 0.259 e. The highest BCUT2D eigenvalue weighted by Gasteiger charge is 2.18. The number of hydrogen-bond donors (Lipinski definition) is 1. The number of rotatable bonds is 6. The van der Waals surface area contributed by atoms with Crippen LogP contribution in [0.4, 0.5) is 5.69 Å². The second kappa shape index (κ2) is 8.33. The normalized spacial score (nSPS) is 16.2. The van der Waals surface area contributed by atoms with Crippen LogP contribution in [0.3, 0.4) is 0 Å². The van der Waals surface area contributed by atoms with Gasteiger partial charge in [-0.1, -0.05) is 12.1 Å². The molecule has 5 nitrogen and oxygen atoms in total. The van der Waals surface area contributed by atoms with Crippen LogP contribution >= 0.6 is 11.3 Å². The molecule has 0 radical (unpaired) electrons. The van der Waals surface area contributed by atoms with Crippen molar-refractivity contribution in [1.82, 2.24) is 4.98 Å². The van der Waals surface area contributed by atoms with Crippen LogP contribution in [0.2, 0.25) is 0 Å². The van der Waals surface area contributed by atoms with E-state index in [2.05, 4.69) is 10.3 Å². The SMILES string of the molecule is O=C(Nc1ccc(-c2nccs2)cc1)c1ccccc1OCC1CCCO1. The molecule has 1 unspecified atom stereocenters. The van der Waals surface area contributed by atoms with Crippen molar-refractivity contribution in [2.24, 2.45) is 0 Å². The number of ether oxygens (including phenoxy) is 2. The number of amides is 1. The Hall–Kier alpha value is -2.70. The minimum atomic E-state index is -0.195. The molecule has 1 aliphatic rings. The largest absolute Gasteiger partial charge is 0.490 e. The summed E-state index contributed by atoms with van der Waals surface area (Å²) < 4.78 is 11.4. The lowest BCUT2D eigenvalue weighted by molar-refractivity contribution is 0.0673. The van der Waals surface area contributed by atoms with E-state index in [4.69, 9.17) is 9.47 Å². The molecule has 0 aliphatic carbocycles. The number of para-hydroxylation sites is 1. The van der Waals surface area contributed by atoms with Gasteiger partial charge in [-0.2, -0.15) is 0 Å². The lowest BCUT2D eigenvalue weighted by atomic mass is 10.1. The lowest BCUT2D eigenvalue weighted by Gasteiger charge is -2.14. The Morgan fingerprint density at radius 3 is 2.81 bits per heavy atom. The Morgan fingerprint density at radius 1 is 1.22 bits per heavy atom. The molecule has 27 heavy (non-hydrogen) atoms. The highest BCUT2D eigenvalue weighted by atomic mass is 32.1. The van der Waals surface area contributed by atoms with Gasteiger partial charge in [-0.25, -0.2) is 4.98 Å². The van der Waals surface area contributed by atoms with Crippen LogP contribution in [0.1, 0.15) is 23.2 Å². The second-order valence-corrected chi connectivity index (χ2v) is 7.21. The highest BCUT2D eigenvalue weighted by molar-refractivity contribution is 7.13. The maximum Gasteiger partial charge on any atom is 0.259 e. The van der Waals surface area contributed by atoms with Crippen LogP contribution in [0, 0.1) is 0 Å². The standard InChI is InChI=1S/C21H20N2O3S/c24-20(23-16-9-7-15(8-10-16)21-22-11-13-27-21)18-5-1-2-6-19(18)26-14-17-4-3-12-25-17/h1-2,5-11,13,17H,3-4,12,14H2,(H,23,24). The van der Waals surface area contributed by atoms with Gasteiger partial charge in [-0.05, 0) is 49.2 Å². The van der Waals surface area contributed by atoms with Gasteiger partial charge in [0.15, 0.2) is 0 Å². The van der Waals surface area contributed by atoms with Crippen LogP contribution in [-0.2, 0) is 4.74 Å². The lowest BCUT2D eigenvalue weighted by Crippen LogP contribution is -2.19. The number of thiazole rings is 1. The molecule has 3 aromatic rings. The number of anilines is 1. The minimum absolute atomic E-state index is 0.111. The van der Waals surface area contributed by atoms with Gasteiger partial charge in [0.1, 0.15) is 17.4 Å². The fourth-order valence-electron chi connectivity index (χ4n) is 3.00. The molecule has 1 saturated heterocycles. The van der Waals surface area contributed by atoms with Gasteiger partial charge in [0.05, 0.1) is 11.7 Å². The average molecular weight is 380 g/mol. The first kappa shape index (κ1) is 17.7. The van der Waals surface area contributed by atoms with Crippen LogP contribution in [-0.4, -0.2) is 30.2 Å². The molecule has 0 saturated carbocycles. The number of aromatic nitrogens is 1. The van der Waals surface area contributed by atoms with Gasteiger partial charge in [0.25, 0.3) is 5.91 Å². The van der Waals surface area contributed by atoms with E-state index in [1.54, 1.807) is 23.6 Å². The predicted octanol–water partition coefficient (Wildman–Crippen LogP) is 4.62. The zero-order chi connectivity index (χ0) is 18.5. The van der Waals surface area contributed by atoms with E-state index < -0.39 is 0 Å². The van der Waals surface area contributed by atoms with Crippen LogP contribution < -0.4 is 10.1 Å². The topological polar surface area (TPSA) is 60.5 Å². The first-order chi connectivity index (χ1) is 13.3. The number of nitrogens with one attached hydrogen (secondary N) is 1. The molecule has 1 amide bonds. The molecule has 138 valence electrons. The molecule has 4 rings (SSSR count). The summed E-state index contributed by atoms with van der Waals surface area (Å²) in [6, 6.07) is 14.9. The minimum Gasteiger partial charge on any atom is -0.490 e. The number of nitrogens with zero attached hydrogens (tertiary/aromatic N) is 1. The summed E-state index contributed by atoms with van der Waals surface area (Å²) in [7, 11) is 0. The molecular weight excluding hydrogens is 360 g/mol. The van der Waals surface area contributed by atoms with Gasteiger partial charge in [-0.3, -0.25) is 4.79 Å². The molecule has 0 bridgehead atoms. The predicted molar refractivity (Wildman–Crippen MR) is 106 cm³/mol. The van der Waals surface area contributed by atoms with Crippen molar-refractivity contribution in [3.63, 3.8) is 0 Å². The summed E-state index contributed by atoms with van der Waals surface area (Å²) in [6.45, 7) is 1.25. The van der Waals surface area contributed by atoms with Crippen LogP contribution in [0.5, 0.6) is 5.75 Å². The van der Waals surface area contributed by atoms with Gasteiger partial charge >= 0.3 is 0 Å². The molecule has 0 spiro atoms. The van der Waals surface area contributed by atoms with Crippen LogP contribution in [0.25, 0.3) is 10.6 Å². The summed E-state index contributed by atoms with van der Waals surface area (Å²) in [4.78, 5) is 17.0.